The van der Waals surface area contributed by atoms with E-state index in [1.165, 1.54) is 51.4 Å². The zero-order valence-corrected chi connectivity index (χ0v) is 13.0. The Labute approximate surface area is 120 Å². The van der Waals surface area contributed by atoms with Crippen LogP contribution < -0.4 is 0 Å². The summed E-state index contributed by atoms with van der Waals surface area (Å²) in [7, 11) is 0. The first-order valence-electron chi connectivity index (χ1n) is 7.69. The summed E-state index contributed by atoms with van der Waals surface area (Å²) in [6.07, 6.45) is 12.5. The molecule has 18 heavy (non-hydrogen) atoms. The number of nitrogens with zero attached hydrogens (tertiary/aromatic N) is 1. The molecule has 0 aromatic rings. The van der Waals surface area contributed by atoms with Crippen molar-refractivity contribution in [2.24, 2.45) is 5.92 Å². The summed E-state index contributed by atoms with van der Waals surface area (Å²) in [4.78, 5) is 14.9. The van der Waals surface area contributed by atoms with E-state index in [1.807, 2.05) is 0 Å². The molecular formula is C15H26BrNO. The van der Waals surface area contributed by atoms with Crippen LogP contribution in [-0.2, 0) is 4.79 Å². The molecule has 2 aliphatic rings. The summed E-state index contributed by atoms with van der Waals surface area (Å²) in [5.41, 5.74) is 0. The lowest BCUT2D eigenvalue weighted by Gasteiger charge is -2.39. The molecule has 0 atom stereocenters. The monoisotopic (exact) mass is 315 g/mol. The van der Waals surface area contributed by atoms with Gasteiger partial charge in [0.2, 0.25) is 5.91 Å². The minimum Gasteiger partial charge on any atom is -0.339 e. The van der Waals surface area contributed by atoms with Crippen molar-refractivity contribution in [2.75, 3.05) is 11.9 Å². The Morgan fingerprint density at radius 2 is 1.56 bits per heavy atom. The van der Waals surface area contributed by atoms with Crippen molar-refractivity contribution in [1.82, 2.24) is 4.90 Å². The summed E-state index contributed by atoms with van der Waals surface area (Å²) < 4.78 is 0. The number of amides is 1. The van der Waals surface area contributed by atoms with Crippen molar-refractivity contribution in [1.29, 1.82) is 0 Å². The van der Waals surface area contributed by atoms with E-state index in [1.54, 1.807) is 0 Å². The van der Waals surface area contributed by atoms with E-state index in [-0.39, 0.29) is 0 Å². The topological polar surface area (TPSA) is 20.3 Å². The Kier molecular flexibility index (Phi) is 6.00. The van der Waals surface area contributed by atoms with Gasteiger partial charge in [0.1, 0.15) is 0 Å². The van der Waals surface area contributed by atoms with Gasteiger partial charge in [-0.3, -0.25) is 4.79 Å². The van der Waals surface area contributed by atoms with Crippen molar-refractivity contribution < 1.29 is 4.79 Å². The highest BCUT2D eigenvalue weighted by molar-refractivity contribution is 9.09. The molecular weight excluding hydrogens is 290 g/mol. The average Bonchev–Trinajstić information content (AvgIpc) is 2.25. The van der Waals surface area contributed by atoms with Gasteiger partial charge in [0, 0.05) is 23.8 Å². The maximum atomic E-state index is 12.7. The third kappa shape index (κ3) is 3.72. The van der Waals surface area contributed by atoms with Crippen LogP contribution in [0.3, 0.4) is 0 Å². The zero-order valence-electron chi connectivity index (χ0n) is 11.4. The fraction of sp³-hybridized carbons (Fsp3) is 0.933. The predicted molar refractivity (Wildman–Crippen MR) is 79.0 cm³/mol. The van der Waals surface area contributed by atoms with Gasteiger partial charge < -0.3 is 4.90 Å². The van der Waals surface area contributed by atoms with Gasteiger partial charge >= 0.3 is 0 Å². The standard InChI is InChI=1S/C15H26BrNO/c16-11-12-17(14-9-6-10-14)15(18)13-7-4-2-1-3-5-8-13/h13-14H,1-12H2. The summed E-state index contributed by atoms with van der Waals surface area (Å²) in [5.74, 6) is 0.783. The van der Waals surface area contributed by atoms with Gasteiger partial charge in [-0.25, -0.2) is 0 Å². The SMILES string of the molecule is O=C(C1CCCCCCC1)N(CCBr)C1CCC1. The fourth-order valence-electron chi connectivity index (χ4n) is 3.20. The lowest BCUT2D eigenvalue weighted by atomic mass is 9.87. The normalized spacial score (nSPS) is 22.9. The Morgan fingerprint density at radius 3 is 2.06 bits per heavy atom. The molecule has 2 fully saturated rings. The second-order valence-electron chi connectivity index (χ2n) is 5.85. The predicted octanol–water partition coefficient (Wildman–Crippen LogP) is 4.12. The van der Waals surface area contributed by atoms with Crippen LogP contribution in [0.15, 0.2) is 0 Å². The number of rotatable bonds is 4. The molecule has 0 bridgehead atoms. The maximum Gasteiger partial charge on any atom is 0.225 e. The Hall–Kier alpha value is -0.0500. The van der Waals surface area contributed by atoms with E-state index >= 15 is 0 Å². The maximum absolute atomic E-state index is 12.7. The summed E-state index contributed by atoms with van der Waals surface area (Å²) in [6, 6.07) is 0.556. The molecule has 2 rings (SSSR count). The van der Waals surface area contributed by atoms with Crippen LogP contribution in [0.25, 0.3) is 0 Å². The number of halogens is 1. The Balaban J connectivity index is 1.92. The minimum atomic E-state index is 0.324. The van der Waals surface area contributed by atoms with E-state index in [2.05, 4.69) is 20.8 Å². The molecule has 0 spiro atoms. The molecule has 0 aromatic heterocycles. The molecule has 104 valence electrons. The highest BCUT2D eigenvalue weighted by Crippen LogP contribution is 2.29. The largest absolute Gasteiger partial charge is 0.339 e. The lowest BCUT2D eigenvalue weighted by Crippen LogP contribution is -2.47. The molecule has 0 aromatic carbocycles. The van der Waals surface area contributed by atoms with Crippen LogP contribution in [0, 0.1) is 5.92 Å². The zero-order chi connectivity index (χ0) is 12.8. The number of hydrogen-bond donors (Lipinski definition) is 0. The molecule has 0 aliphatic heterocycles. The third-order valence-electron chi connectivity index (χ3n) is 4.58. The first-order valence-corrected chi connectivity index (χ1v) is 8.81. The van der Waals surface area contributed by atoms with Gasteiger partial charge in [-0.1, -0.05) is 48.0 Å². The van der Waals surface area contributed by atoms with E-state index in [0.29, 0.717) is 17.9 Å². The second-order valence-corrected chi connectivity index (χ2v) is 6.64. The van der Waals surface area contributed by atoms with Gasteiger partial charge in [0.05, 0.1) is 0 Å². The summed E-state index contributed by atoms with van der Waals surface area (Å²) >= 11 is 3.50. The van der Waals surface area contributed by atoms with Crippen molar-refractivity contribution in [3.63, 3.8) is 0 Å². The van der Waals surface area contributed by atoms with Crippen LogP contribution in [0.4, 0.5) is 0 Å². The average molecular weight is 316 g/mol. The number of hydrogen-bond acceptors (Lipinski definition) is 1. The summed E-state index contributed by atoms with van der Waals surface area (Å²) in [5, 5.41) is 0.919. The van der Waals surface area contributed by atoms with E-state index in [4.69, 9.17) is 0 Å². The van der Waals surface area contributed by atoms with Gasteiger partial charge in [0.25, 0.3) is 0 Å². The van der Waals surface area contributed by atoms with Crippen molar-refractivity contribution in [2.45, 2.75) is 70.3 Å². The van der Waals surface area contributed by atoms with E-state index < -0.39 is 0 Å². The minimum absolute atomic E-state index is 0.324. The number of carbonyl (C=O) groups is 1. The molecule has 2 saturated carbocycles. The third-order valence-corrected chi connectivity index (χ3v) is 4.93. The Morgan fingerprint density at radius 1 is 0.944 bits per heavy atom. The number of alkyl halides is 1. The molecule has 0 unspecified atom stereocenters. The van der Waals surface area contributed by atoms with Gasteiger partial charge in [-0.05, 0) is 32.1 Å². The van der Waals surface area contributed by atoms with Gasteiger partial charge in [-0.15, -0.1) is 0 Å². The smallest absolute Gasteiger partial charge is 0.225 e. The molecule has 3 heteroatoms. The number of carbonyl (C=O) groups excluding carboxylic acids is 1. The fourth-order valence-corrected chi connectivity index (χ4v) is 3.58. The molecule has 0 N–H and O–H groups in total. The van der Waals surface area contributed by atoms with Crippen LogP contribution >= 0.6 is 15.9 Å². The molecule has 2 aliphatic carbocycles. The van der Waals surface area contributed by atoms with E-state index in [9.17, 15) is 4.79 Å². The molecule has 0 radical (unpaired) electrons. The first kappa shape index (κ1) is 14.4. The lowest BCUT2D eigenvalue weighted by molar-refractivity contribution is -0.140. The molecule has 0 heterocycles. The van der Waals surface area contributed by atoms with Gasteiger partial charge in [-0.2, -0.15) is 0 Å². The van der Waals surface area contributed by atoms with Crippen molar-refractivity contribution >= 4 is 21.8 Å². The van der Waals surface area contributed by atoms with Gasteiger partial charge in [0.15, 0.2) is 0 Å². The van der Waals surface area contributed by atoms with Crippen molar-refractivity contribution in [3.05, 3.63) is 0 Å². The quantitative estimate of drug-likeness (QED) is 0.714. The van der Waals surface area contributed by atoms with Crippen molar-refractivity contribution in [3.8, 4) is 0 Å². The Bertz CT molecular complexity index is 257. The first-order chi connectivity index (χ1) is 8.83. The van der Waals surface area contributed by atoms with Crippen LogP contribution in [0.5, 0.6) is 0 Å². The summed E-state index contributed by atoms with van der Waals surface area (Å²) in [6.45, 7) is 0.903. The second kappa shape index (κ2) is 7.52. The van der Waals surface area contributed by atoms with Crippen LogP contribution in [-0.4, -0.2) is 28.7 Å². The van der Waals surface area contributed by atoms with Crippen LogP contribution in [0.1, 0.15) is 64.2 Å². The molecule has 1 amide bonds. The highest BCUT2D eigenvalue weighted by atomic mass is 79.9. The highest BCUT2D eigenvalue weighted by Gasteiger charge is 2.32. The van der Waals surface area contributed by atoms with Crippen LogP contribution in [0.2, 0.25) is 0 Å². The molecule has 0 saturated heterocycles. The van der Waals surface area contributed by atoms with E-state index in [0.717, 1.165) is 24.7 Å². The molecule has 2 nitrogen and oxygen atoms in total.